The zero-order chi connectivity index (χ0) is 13.2. The first-order chi connectivity index (χ1) is 9.29. The second kappa shape index (κ2) is 5.17. The van der Waals surface area contributed by atoms with Gasteiger partial charge in [-0.3, -0.25) is 4.68 Å². The van der Waals surface area contributed by atoms with Crippen LogP contribution in [0.15, 0.2) is 36.5 Å². The summed E-state index contributed by atoms with van der Waals surface area (Å²) in [6.45, 7) is 2.05. The maximum atomic E-state index is 4.62. The van der Waals surface area contributed by atoms with Crippen LogP contribution >= 0.6 is 0 Å². The highest BCUT2D eigenvalue weighted by atomic mass is 15.3. The second-order valence-electron chi connectivity index (χ2n) is 5.36. The number of aryl methyl sites for hydroxylation is 2. The minimum absolute atomic E-state index is 0.345. The first kappa shape index (κ1) is 12.4. The van der Waals surface area contributed by atoms with Crippen LogP contribution in [-0.2, 0) is 6.42 Å². The van der Waals surface area contributed by atoms with Crippen molar-refractivity contribution in [2.45, 2.75) is 38.3 Å². The van der Waals surface area contributed by atoms with Gasteiger partial charge in [0, 0.05) is 6.20 Å². The zero-order valence-electron chi connectivity index (χ0n) is 11.6. The Morgan fingerprint density at radius 3 is 2.84 bits per heavy atom. The van der Waals surface area contributed by atoms with Crippen molar-refractivity contribution >= 4 is 0 Å². The van der Waals surface area contributed by atoms with Gasteiger partial charge in [-0.05, 0) is 50.4 Å². The molecule has 2 aromatic rings. The molecular weight excluding hydrogens is 234 g/mol. The van der Waals surface area contributed by atoms with E-state index in [1.54, 1.807) is 0 Å². The topological polar surface area (TPSA) is 29.9 Å². The average Bonchev–Trinajstić information content (AvgIpc) is 2.76. The minimum atomic E-state index is 0.345. The van der Waals surface area contributed by atoms with Gasteiger partial charge in [0.25, 0.3) is 0 Å². The summed E-state index contributed by atoms with van der Waals surface area (Å²) in [5.74, 6) is 0. The third-order valence-corrected chi connectivity index (χ3v) is 4.11. The van der Waals surface area contributed by atoms with Crippen molar-refractivity contribution in [3.8, 4) is 0 Å². The van der Waals surface area contributed by atoms with Gasteiger partial charge in [0.2, 0.25) is 0 Å². The molecule has 1 heterocycles. The van der Waals surface area contributed by atoms with Gasteiger partial charge in [0.1, 0.15) is 0 Å². The molecule has 100 valence electrons. The molecule has 3 heteroatoms. The molecule has 1 aromatic heterocycles. The summed E-state index contributed by atoms with van der Waals surface area (Å²) in [5.41, 5.74) is 4.00. The van der Waals surface area contributed by atoms with Crippen molar-refractivity contribution in [2.75, 3.05) is 7.05 Å². The maximum absolute atomic E-state index is 4.62. The third-order valence-electron chi connectivity index (χ3n) is 4.11. The van der Waals surface area contributed by atoms with Crippen LogP contribution in [0, 0.1) is 6.92 Å². The molecule has 1 aliphatic carbocycles. The second-order valence-corrected chi connectivity index (χ2v) is 5.36. The van der Waals surface area contributed by atoms with E-state index in [0.29, 0.717) is 12.1 Å². The van der Waals surface area contributed by atoms with E-state index < -0.39 is 0 Å². The van der Waals surface area contributed by atoms with Gasteiger partial charge < -0.3 is 5.32 Å². The van der Waals surface area contributed by atoms with Gasteiger partial charge in [-0.2, -0.15) is 5.10 Å². The lowest BCUT2D eigenvalue weighted by Crippen LogP contribution is -2.27. The van der Waals surface area contributed by atoms with Crippen LogP contribution < -0.4 is 5.32 Å². The van der Waals surface area contributed by atoms with Crippen LogP contribution in [0.5, 0.6) is 0 Å². The van der Waals surface area contributed by atoms with Gasteiger partial charge in [-0.15, -0.1) is 0 Å². The summed E-state index contributed by atoms with van der Waals surface area (Å²) >= 11 is 0. The first-order valence-electron chi connectivity index (χ1n) is 7.06. The molecule has 0 spiro atoms. The van der Waals surface area contributed by atoms with E-state index in [2.05, 4.69) is 65.6 Å². The van der Waals surface area contributed by atoms with E-state index in [4.69, 9.17) is 0 Å². The summed E-state index contributed by atoms with van der Waals surface area (Å²) in [5, 5.41) is 8.12. The van der Waals surface area contributed by atoms with Crippen molar-refractivity contribution < 1.29 is 0 Å². The number of nitrogens with one attached hydrogen (secondary N) is 1. The predicted molar refractivity (Wildman–Crippen MR) is 77.2 cm³/mol. The van der Waals surface area contributed by atoms with Crippen molar-refractivity contribution in [3.05, 3.63) is 53.3 Å². The van der Waals surface area contributed by atoms with Gasteiger partial charge >= 0.3 is 0 Å². The number of hydrogen-bond donors (Lipinski definition) is 1. The van der Waals surface area contributed by atoms with E-state index in [9.17, 15) is 0 Å². The van der Waals surface area contributed by atoms with E-state index in [1.807, 2.05) is 0 Å². The Hall–Kier alpha value is -1.61. The maximum Gasteiger partial charge on any atom is 0.0714 e. The molecule has 3 rings (SSSR count). The predicted octanol–water partition coefficient (Wildman–Crippen LogP) is 3.03. The number of benzene rings is 1. The lowest BCUT2D eigenvalue weighted by Gasteiger charge is -2.26. The Morgan fingerprint density at radius 2 is 2.11 bits per heavy atom. The SMILES string of the molecule is CNC1c2ccccc2CCCC1n1ccc(C)n1. The number of fused-ring (bicyclic) bond motifs is 1. The molecule has 0 saturated heterocycles. The molecule has 2 unspecified atom stereocenters. The Kier molecular flexibility index (Phi) is 3.38. The van der Waals surface area contributed by atoms with Crippen molar-refractivity contribution in [3.63, 3.8) is 0 Å². The summed E-state index contributed by atoms with van der Waals surface area (Å²) in [4.78, 5) is 0. The molecule has 0 bridgehead atoms. The highest BCUT2D eigenvalue weighted by Crippen LogP contribution is 2.35. The molecular formula is C16H21N3. The largest absolute Gasteiger partial charge is 0.311 e. The average molecular weight is 255 g/mol. The van der Waals surface area contributed by atoms with E-state index >= 15 is 0 Å². The van der Waals surface area contributed by atoms with Crippen LogP contribution in [0.3, 0.4) is 0 Å². The van der Waals surface area contributed by atoms with Gasteiger partial charge in [-0.1, -0.05) is 24.3 Å². The molecule has 0 amide bonds. The van der Waals surface area contributed by atoms with Crippen molar-refractivity contribution in [1.29, 1.82) is 0 Å². The third kappa shape index (κ3) is 2.30. The zero-order valence-corrected chi connectivity index (χ0v) is 11.6. The highest BCUT2D eigenvalue weighted by molar-refractivity contribution is 5.32. The van der Waals surface area contributed by atoms with E-state index in [0.717, 1.165) is 5.69 Å². The summed E-state index contributed by atoms with van der Waals surface area (Å²) in [6, 6.07) is 11.6. The normalized spacial score (nSPS) is 22.8. The molecule has 0 radical (unpaired) electrons. The lowest BCUT2D eigenvalue weighted by molar-refractivity contribution is 0.328. The Morgan fingerprint density at radius 1 is 1.26 bits per heavy atom. The van der Waals surface area contributed by atoms with Crippen LogP contribution in [0.4, 0.5) is 0 Å². The Balaban J connectivity index is 2.02. The quantitative estimate of drug-likeness (QED) is 0.836. The van der Waals surface area contributed by atoms with Crippen molar-refractivity contribution in [1.82, 2.24) is 15.1 Å². The summed E-state index contributed by atoms with van der Waals surface area (Å²) < 4.78 is 2.14. The summed E-state index contributed by atoms with van der Waals surface area (Å²) in [7, 11) is 2.05. The molecule has 2 atom stereocenters. The van der Waals surface area contributed by atoms with Crippen LogP contribution in [0.1, 0.15) is 41.7 Å². The van der Waals surface area contributed by atoms with Gasteiger partial charge in [0.05, 0.1) is 17.8 Å². The fraction of sp³-hybridized carbons (Fsp3) is 0.438. The number of rotatable bonds is 2. The highest BCUT2D eigenvalue weighted by Gasteiger charge is 2.28. The number of aromatic nitrogens is 2. The molecule has 3 nitrogen and oxygen atoms in total. The smallest absolute Gasteiger partial charge is 0.0714 e. The Labute approximate surface area is 114 Å². The van der Waals surface area contributed by atoms with Gasteiger partial charge in [0.15, 0.2) is 0 Å². The fourth-order valence-corrected chi connectivity index (χ4v) is 3.19. The monoisotopic (exact) mass is 255 g/mol. The first-order valence-corrected chi connectivity index (χ1v) is 7.06. The lowest BCUT2D eigenvalue weighted by atomic mass is 9.96. The number of likely N-dealkylation sites (N-methyl/N-ethyl adjacent to an activating group) is 1. The number of nitrogens with zero attached hydrogens (tertiary/aromatic N) is 2. The molecule has 1 aromatic carbocycles. The molecule has 0 saturated carbocycles. The Bertz CT molecular complexity index is 559. The van der Waals surface area contributed by atoms with Crippen LogP contribution in [0.25, 0.3) is 0 Å². The van der Waals surface area contributed by atoms with Crippen LogP contribution in [-0.4, -0.2) is 16.8 Å². The summed E-state index contributed by atoms with van der Waals surface area (Å²) in [6.07, 6.45) is 5.67. The van der Waals surface area contributed by atoms with Crippen LogP contribution in [0.2, 0.25) is 0 Å². The fourth-order valence-electron chi connectivity index (χ4n) is 3.19. The minimum Gasteiger partial charge on any atom is -0.311 e. The molecule has 1 aliphatic rings. The van der Waals surface area contributed by atoms with E-state index in [1.165, 1.54) is 30.4 Å². The van der Waals surface area contributed by atoms with Gasteiger partial charge in [-0.25, -0.2) is 0 Å². The molecule has 1 N–H and O–H groups in total. The number of hydrogen-bond acceptors (Lipinski definition) is 2. The van der Waals surface area contributed by atoms with Crippen molar-refractivity contribution in [2.24, 2.45) is 0 Å². The molecule has 19 heavy (non-hydrogen) atoms. The molecule has 0 aliphatic heterocycles. The standard InChI is InChI=1S/C16H21N3/c1-12-10-11-19(18-12)15-9-5-7-13-6-3-4-8-14(13)16(15)17-2/h3-4,6,8,10-11,15-17H,5,7,9H2,1-2H3. The van der Waals surface area contributed by atoms with E-state index in [-0.39, 0.29) is 0 Å². The molecule has 0 fully saturated rings.